The molecule has 1 saturated heterocycles. The van der Waals surface area contributed by atoms with Crippen molar-refractivity contribution in [3.63, 3.8) is 0 Å². The van der Waals surface area contributed by atoms with E-state index in [0.29, 0.717) is 6.54 Å². The van der Waals surface area contributed by atoms with Gasteiger partial charge in [-0.2, -0.15) is 0 Å². The highest BCUT2D eigenvalue weighted by molar-refractivity contribution is 7.99. The van der Waals surface area contributed by atoms with Gasteiger partial charge in [-0.3, -0.25) is 9.36 Å². The molecule has 3 heterocycles. The first kappa shape index (κ1) is 20.1. The van der Waals surface area contributed by atoms with Crippen LogP contribution < -0.4 is 5.32 Å². The molecule has 0 aliphatic carbocycles. The molecule has 1 amide bonds. The van der Waals surface area contributed by atoms with Crippen molar-refractivity contribution >= 4 is 34.7 Å². The molecule has 1 aliphatic rings. The molecule has 2 aromatic heterocycles. The second kappa shape index (κ2) is 9.56. The highest BCUT2D eigenvalue weighted by Crippen LogP contribution is 2.29. The van der Waals surface area contributed by atoms with Crippen molar-refractivity contribution in [2.45, 2.75) is 44.0 Å². The van der Waals surface area contributed by atoms with Gasteiger partial charge in [0.2, 0.25) is 5.91 Å². The maximum atomic E-state index is 12.3. The molecule has 0 radical (unpaired) electrons. The fourth-order valence-corrected chi connectivity index (χ4v) is 4.86. The predicted molar refractivity (Wildman–Crippen MR) is 117 cm³/mol. The summed E-state index contributed by atoms with van der Waals surface area (Å²) in [6.45, 7) is 3.67. The Morgan fingerprint density at radius 2 is 2.21 bits per heavy atom. The molecular formula is C21H24N4O2S2. The zero-order valence-corrected chi connectivity index (χ0v) is 18.0. The molecule has 1 fully saturated rings. The third-order valence-electron chi connectivity index (χ3n) is 4.78. The number of rotatable bonds is 8. The number of thiophene rings is 1. The van der Waals surface area contributed by atoms with Gasteiger partial charge < -0.3 is 10.1 Å². The van der Waals surface area contributed by atoms with Gasteiger partial charge in [-0.25, -0.2) is 0 Å². The molecule has 29 heavy (non-hydrogen) atoms. The van der Waals surface area contributed by atoms with Crippen LogP contribution in [0, 0.1) is 0 Å². The van der Waals surface area contributed by atoms with Crippen LogP contribution in [0.2, 0.25) is 0 Å². The Labute approximate surface area is 178 Å². The number of carbonyl (C=O) groups is 1. The smallest absolute Gasteiger partial charge is 0.234 e. The highest BCUT2D eigenvalue weighted by atomic mass is 32.2. The Morgan fingerprint density at radius 3 is 2.93 bits per heavy atom. The van der Waals surface area contributed by atoms with Gasteiger partial charge in [0.1, 0.15) is 0 Å². The number of aromatic nitrogens is 3. The number of benzene rings is 1. The number of hydrogen-bond donors (Lipinski definition) is 1. The first-order valence-electron chi connectivity index (χ1n) is 9.83. The van der Waals surface area contributed by atoms with Crippen molar-refractivity contribution in [1.29, 1.82) is 0 Å². The number of para-hydroxylation sites is 1. The summed E-state index contributed by atoms with van der Waals surface area (Å²) in [6, 6.07) is 11.7. The second-order valence-electron chi connectivity index (χ2n) is 6.91. The number of aryl methyl sites for hydroxylation is 1. The third kappa shape index (κ3) is 5.07. The third-order valence-corrected chi connectivity index (χ3v) is 6.83. The van der Waals surface area contributed by atoms with E-state index in [9.17, 15) is 4.79 Å². The largest absolute Gasteiger partial charge is 0.376 e. The van der Waals surface area contributed by atoms with E-state index in [0.717, 1.165) is 48.1 Å². The normalized spacial score (nSPS) is 16.2. The summed E-state index contributed by atoms with van der Waals surface area (Å²) in [7, 11) is 0. The van der Waals surface area contributed by atoms with E-state index in [1.54, 1.807) is 11.3 Å². The van der Waals surface area contributed by atoms with Gasteiger partial charge in [0, 0.05) is 28.1 Å². The molecule has 1 aliphatic heterocycles. The summed E-state index contributed by atoms with van der Waals surface area (Å²) in [5.74, 6) is 1.07. The molecule has 1 atom stereocenters. The topological polar surface area (TPSA) is 69.0 Å². The van der Waals surface area contributed by atoms with Crippen molar-refractivity contribution in [1.82, 2.24) is 14.8 Å². The van der Waals surface area contributed by atoms with E-state index in [2.05, 4.69) is 38.5 Å². The van der Waals surface area contributed by atoms with Crippen LogP contribution in [-0.2, 0) is 22.5 Å². The maximum absolute atomic E-state index is 12.3. The van der Waals surface area contributed by atoms with Gasteiger partial charge >= 0.3 is 0 Å². The Balaban J connectivity index is 1.50. The van der Waals surface area contributed by atoms with Crippen molar-refractivity contribution < 1.29 is 9.53 Å². The monoisotopic (exact) mass is 428 g/mol. The number of carbonyl (C=O) groups excluding carboxylic acids is 1. The second-order valence-corrected chi connectivity index (χ2v) is 8.85. The van der Waals surface area contributed by atoms with Gasteiger partial charge in [0.25, 0.3) is 0 Å². The molecule has 8 heteroatoms. The van der Waals surface area contributed by atoms with Crippen LogP contribution in [0.3, 0.4) is 0 Å². The molecule has 0 bridgehead atoms. The van der Waals surface area contributed by atoms with E-state index in [4.69, 9.17) is 4.74 Å². The number of amides is 1. The van der Waals surface area contributed by atoms with E-state index in [1.165, 1.54) is 16.6 Å². The minimum atomic E-state index is -0.0572. The van der Waals surface area contributed by atoms with Crippen molar-refractivity contribution in [2.24, 2.45) is 0 Å². The lowest BCUT2D eigenvalue weighted by Gasteiger charge is -2.14. The van der Waals surface area contributed by atoms with Crippen LogP contribution >= 0.6 is 23.1 Å². The summed E-state index contributed by atoms with van der Waals surface area (Å²) in [4.78, 5) is 13.7. The van der Waals surface area contributed by atoms with Gasteiger partial charge in [-0.15, -0.1) is 21.5 Å². The summed E-state index contributed by atoms with van der Waals surface area (Å²) >= 11 is 3.15. The van der Waals surface area contributed by atoms with Crippen LogP contribution in [-0.4, -0.2) is 39.1 Å². The number of ether oxygens (including phenoxy) is 1. The lowest BCUT2D eigenvalue weighted by atomic mass is 10.2. The molecule has 0 unspecified atom stereocenters. The lowest BCUT2D eigenvalue weighted by Crippen LogP contribution is -2.18. The quantitative estimate of drug-likeness (QED) is 0.536. The van der Waals surface area contributed by atoms with Crippen molar-refractivity contribution in [2.75, 3.05) is 17.7 Å². The Hall–Kier alpha value is -2.16. The Bertz CT molecular complexity index is 949. The molecule has 0 spiro atoms. The summed E-state index contributed by atoms with van der Waals surface area (Å²) in [6.07, 6.45) is 3.31. The molecule has 1 N–H and O–H groups in total. The van der Waals surface area contributed by atoms with Gasteiger partial charge in [0.05, 0.1) is 18.4 Å². The predicted octanol–water partition coefficient (Wildman–Crippen LogP) is 4.48. The van der Waals surface area contributed by atoms with Gasteiger partial charge in [-0.05, 0) is 37.5 Å². The summed E-state index contributed by atoms with van der Waals surface area (Å²) in [5, 5.41) is 14.6. The number of anilines is 1. The van der Waals surface area contributed by atoms with Crippen LogP contribution in [0.25, 0.3) is 11.4 Å². The summed E-state index contributed by atoms with van der Waals surface area (Å²) < 4.78 is 7.95. The highest BCUT2D eigenvalue weighted by Gasteiger charge is 2.22. The first-order chi connectivity index (χ1) is 14.2. The van der Waals surface area contributed by atoms with Crippen molar-refractivity contribution in [3.05, 3.63) is 46.7 Å². The van der Waals surface area contributed by atoms with E-state index >= 15 is 0 Å². The van der Waals surface area contributed by atoms with Crippen molar-refractivity contribution in [3.8, 4) is 11.4 Å². The van der Waals surface area contributed by atoms with Crippen LogP contribution in [0.5, 0.6) is 0 Å². The van der Waals surface area contributed by atoms with E-state index in [1.807, 2.05) is 30.3 Å². The maximum Gasteiger partial charge on any atom is 0.234 e. The average Bonchev–Trinajstić information content (AvgIpc) is 3.49. The number of thioether (sulfide) groups is 1. The fourth-order valence-electron chi connectivity index (χ4n) is 3.30. The van der Waals surface area contributed by atoms with E-state index in [-0.39, 0.29) is 17.8 Å². The molecule has 152 valence electrons. The minimum absolute atomic E-state index is 0.0572. The standard InChI is InChI=1S/C21H24N4O2S2/c1-2-18-11-15(13-28-18)20-23-24-21(25(20)12-17-9-6-10-27-17)29-14-19(26)22-16-7-4-3-5-8-16/h3-5,7-8,11,13,17H,2,6,9-10,12,14H2,1H3,(H,22,26)/t17-/m1/s1. The molecule has 6 nitrogen and oxygen atoms in total. The fraction of sp³-hybridized carbons (Fsp3) is 0.381. The first-order valence-corrected chi connectivity index (χ1v) is 11.7. The summed E-state index contributed by atoms with van der Waals surface area (Å²) in [5.41, 5.74) is 1.88. The molecule has 0 saturated carbocycles. The zero-order valence-electron chi connectivity index (χ0n) is 16.3. The molecule has 4 rings (SSSR count). The lowest BCUT2D eigenvalue weighted by molar-refractivity contribution is -0.113. The van der Waals surface area contributed by atoms with E-state index < -0.39 is 0 Å². The molecule has 1 aromatic carbocycles. The minimum Gasteiger partial charge on any atom is -0.376 e. The molecule has 3 aromatic rings. The number of hydrogen-bond acceptors (Lipinski definition) is 6. The van der Waals surface area contributed by atoms with Crippen LogP contribution in [0.4, 0.5) is 5.69 Å². The molecular weight excluding hydrogens is 404 g/mol. The Morgan fingerprint density at radius 1 is 1.34 bits per heavy atom. The SMILES string of the molecule is CCc1cc(-c2nnc(SCC(=O)Nc3ccccc3)n2C[C@H]2CCCO2)cs1. The average molecular weight is 429 g/mol. The van der Waals surface area contributed by atoms with Crippen LogP contribution in [0.1, 0.15) is 24.6 Å². The van der Waals surface area contributed by atoms with Gasteiger partial charge in [-0.1, -0.05) is 36.9 Å². The van der Waals surface area contributed by atoms with Crippen LogP contribution in [0.15, 0.2) is 46.9 Å². The number of nitrogens with one attached hydrogen (secondary N) is 1. The number of nitrogens with zero attached hydrogens (tertiary/aromatic N) is 3. The Kier molecular flexibility index (Phi) is 6.63. The zero-order chi connectivity index (χ0) is 20.1. The van der Waals surface area contributed by atoms with Gasteiger partial charge in [0.15, 0.2) is 11.0 Å².